The first-order valence-corrected chi connectivity index (χ1v) is 19.3. The lowest BCUT2D eigenvalue weighted by atomic mass is 9.79. The third-order valence-corrected chi connectivity index (χ3v) is 12.6. The van der Waals surface area contributed by atoms with Crippen molar-refractivity contribution in [2.45, 2.75) is 45.4 Å². The molecule has 2 heterocycles. The second-order valence-corrected chi connectivity index (χ2v) is 16.5. The van der Waals surface area contributed by atoms with Gasteiger partial charge in [-0.1, -0.05) is 113 Å². The number of rotatable bonds is 3. The maximum atomic E-state index is 6.71. The maximum Gasteiger partial charge on any atom is 0.152 e. The quantitative estimate of drug-likeness (QED) is 0.183. The van der Waals surface area contributed by atoms with Gasteiger partial charge in [-0.05, 0) is 134 Å². The molecule has 7 aromatic carbocycles. The van der Waals surface area contributed by atoms with Crippen molar-refractivity contribution in [2.75, 3.05) is 4.90 Å². The lowest BCUT2D eigenvalue weighted by molar-refractivity contribution is 0.477. The smallest absolute Gasteiger partial charge is 0.152 e. The lowest BCUT2D eigenvalue weighted by Gasteiger charge is -2.33. The van der Waals surface area contributed by atoms with Gasteiger partial charge in [0.05, 0.1) is 17.1 Å². The summed E-state index contributed by atoms with van der Waals surface area (Å²) in [6, 6.07) is 53.2. The van der Waals surface area contributed by atoms with Gasteiger partial charge in [-0.15, -0.1) is 0 Å². The van der Waals surface area contributed by atoms with E-state index in [1.54, 1.807) is 0 Å². The number of anilines is 3. The second-order valence-electron chi connectivity index (χ2n) is 16.5. The summed E-state index contributed by atoms with van der Waals surface area (Å²) < 4.78 is 6.71. The average molecular weight is 709 g/mol. The Kier molecular flexibility index (Phi) is 6.57. The van der Waals surface area contributed by atoms with Gasteiger partial charge in [0.1, 0.15) is 0 Å². The van der Waals surface area contributed by atoms with Crippen LogP contribution in [-0.4, -0.2) is 4.98 Å². The highest BCUT2D eigenvalue weighted by Crippen LogP contribution is 2.57. The van der Waals surface area contributed by atoms with Crippen molar-refractivity contribution >= 4 is 27.8 Å². The molecule has 3 nitrogen and oxygen atoms in total. The molecule has 1 aromatic heterocycles. The molecule has 0 spiro atoms. The van der Waals surface area contributed by atoms with Gasteiger partial charge in [0.15, 0.2) is 11.5 Å². The van der Waals surface area contributed by atoms with E-state index in [1.807, 2.05) is 12.3 Å². The molecule has 0 atom stereocenters. The third kappa shape index (κ3) is 4.53. The highest BCUT2D eigenvalue weighted by molar-refractivity contribution is 5.97. The summed E-state index contributed by atoms with van der Waals surface area (Å²) in [6.07, 6.45) is 1.91. The molecule has 0 saturated heterocycles. The van der Waals surface area contributed by atoms with E-state index in [0.29, 0.717) is 0 Å². The second kappa shape index (κ2) is 11.3. The first-order chi connectivity index (χ1) is 26.7. The Morgan fingerprint density at radius 1 is 0.491 bits per heavy atom. The molecular formula is C52H40N2O. The Bertz CT molecular complexity index is 2930. The zero-order valence-corrected chi connectivity index (χ0v) is 31.7. The first-order valence-electron chi connectivity index (χ1n) is 19.3. The number of aryl methyl sites for hydroxylation is 1. The summed E-state index contributed by atoms with van der Waals surface area (Å²) in [6.45, 7) is 11.7. The number of para-hydroxylation sites is 2. The van der Waals surface area contributed by atoms with Crippen LogP contribution >= 0.6 is 0 Å². The average Bonchev–Trinajstić information content (AvgIpc) is 3.57. The minimum Gasteiger partial charge on any atom is -0.453 e. The largest absolute Gasteiger partial charge is 0.453 e. The fourth-order valence-electron chi connectivity index (χ4n) is 9.66. The monoisotopic (exact) mass is 708 g/mol. The van der Waals surface area contributed by atoms with Crippen molar-refractivity contribution in [1.29, 1.82) is 0 Å². The molecule has 264 valence electrons. The highest BCUT2D eigenvalue weighted by atomic mass is 16.5. The summed E-state index contributed by atoms with van der Waals surface area (Å²) in [7, 11) is 0. The molecule has 8 aromatic rings. The Labute approximate surface area is 322 Å². The van der Waals surface area contributed by atoms with E-state index in [0.717, 1.165) is 50.8 Å². The molecule has 0 radical (unpaired) electrons. The highest BCUT2D eigenvalue weighted by Gasteiger charge is 2.41. The van der Waals surface area contributed by atoms with Crippen LogP contribution in [0, 0.1) is 6.92 Å². The molecule has 11 rings (SSSR count). The van der Waals surface area contributed by atoms with Crippen LogP contribution in [0.2, 0.25) is 0 Å². The molecule has 0 unspecified atom stereocenters. The van der Waals surface area contributed by atoms with E-state index in [-0.39, 0.29) is 10.8 Å². The van der Waals surface area contributed by atoms with E-state index in [1.165, 1.54) is 61.0 Å². The maximum absolute atomic E-state index is 6.71. The van der Waals surface area contributed by atoms with Crippen molar-refractivity contribution in [1.82, 2.24) is 4.98 Å². The molecule has 2 aliphatic carbocycles. The number of aromatic nitrogens is 1. The summed E-state index contributed by atoms with van der Waals surface area (Å²) in [4.78, 5) is 7.22. The lowest BCUT2D eigenvalue weighted by Crippen LogP contribution is -2.17. The van der Waals surface area contributed by atoms with Crippen molar-refractivity contribution < 1.29 is 4.74 Å². The van der Waals surface area contributed by atoms with Gasteiger partial charge >= 0.3 is 0 Å². The fraction of sp³-hybridized carbons (Fsp3) is 0.135. The number of benzene rings is 7. The standard InChI is InChI=1S/C52H40N2O/c1-31-18-21-35(28-39(31)50-36-13-7-6-12-32(36)24-25-53-50)54-46-16-10-11-17-48(46)55-49-27-34(20-23-47(49)54)33-19-22-38-41-30-44-40(29-45(41)52(4,5)43(38)26-33)37-14-8-9-15-42(37)51(44,2)3/h6-30H,1-5H3. The Balaban J connectivity index is 1.00. The van der Waals surface area contributed by atoms with Gasteiger partial charge in [0.25, 0.3) is 0 Å². The normalized spacial score (nSPS) is 15.0. The first kappa shape index (κ1) is 32.0. The molecular weight excluding hydrogens is 669 g/mol. The fourth-order valence-corrected chi connectivity index (χ4v) is 9.66. The zero-order valence-electron chi connectivity index (χ0n) is 31.7. The summed E-state index contributed by atoms with van der Waals surface area (Å²) in [5.41, 5.74) is 19.6. The Morgan fingerprint density at radius 3 is 2.00 bits per heavy atom. The van der Waals surface area contributed by atoms with Crippen molar-refractivity contribution in [3.05, 3.63) is 180 Å². The summed E-state index contributed by atoms with van der Waals surface area (Å²) in [5, 5.41) is 2.33. The molecule has 0 fully saturated rings. The molecule has 0 amide bonds. The van der Waals surface area contributed by atoms with Gasteiger partial charge < -0.3 is 9.64 Å². The Hall–Kier alpha value is -6.45. The van der Waals surface area contributed by atoms with Crippen LogP contribution in [0.25, 0.3) is 55.4 Å². The Morgan fingerprint density at radius 2 is 1.15 bits per heavy atom. The topological polar surface area (TPSA) is 25.4 Å². The SMILES string of the molecule is Cc1ccc(N2c3ccccc3Oc3cc(-c4ccc5c(c4)C(C)(C)c4cc6c(cc4-5)C(C)(C)c4ccccc4-6)ccc32)cc1-c1nccc2ccccc12. The van der Waals surface area contributed by atoms with Crippen molar-refractivity contribution in [3.63, 3.8) is 0 Å². The van der Waals surface area contributed by atoms with E-state index in [4.69, 9.17) is 9.72 Å². The van der Waals surface area contributed by atoms with Crippen LogP contribution in [0.15, 0.2) is 152 Å². The molecule has 0 N–H and O–H groups in total. The van der Waals surface area contributed by atoms with E-state index < -0.39 is 0 Å². The minimum atomic E-state index is -0.139. The third-order valence-electron chi connectivity index (χ3n) is 12.6. The van der Waals surface area contributed by atoms with Crippen LogP contribution in [0.3, 0.4) is 0 Å². The molecule has 3 heteroatoms. The van der Waals surface area contributed by atoms with Crippen molar-refractivity contribution in [2.24, 2.45) is 0 Å². The number of fused-ring (bicyclic) bond motifs is 9. The van der Waals surface area contributed by atoms with E-state index >= 15 is 0 Å². The zero-order chi connectivity index (χ0) is 37.2. The number of ether oxygens (including phenoxy) is 1. The minimum absolute atomic E-state index is 0.0314. The molecule has 3 aliphatic rings. The number of hydrogen-bond acceptors (Lipinski definition) is 3. The molecule has 55 heavy (non-hydrogen) atoms. The van der Waals surface area contributed by atoms with Gasteiger partial charge in [0.2, 0.25) is 0 Å². The molecule has 0 bridgehead atoms. The summed E-state index contributed by atoms with van der Waals surface area (Å²) >= 11 is 0. The van der Waals surface area contributed by atoms with Gasteiger partial charge in [0, 0.05) is 33.7 Å². The molecule has 0 saturated carbocycles. The van der Waals surface area contributed by atoms with Crippen LogP contribution < -0.4 is 9.64 Å². The molecule has 1 aliphatic heterocycles. The number of nitrogens with zero attached hydrogens (tertiary/aromatic N) is 2. The number of pyridine rings is 1. The van der Waals surface area contributed by atoms with E-state index in [2.05, 4.69) is 179 Å². The predicted octanol–water partition coefficient (Wildman–Crippen LogP) is 14.1. The number of hydrogen-bond donors (Lipinski definition) is 0. The van der Waals surface area contributed by atoms with Gasteiger partial charge in [-0.3, -0.25) is 4.98 Å². The van der Waals surface area contributed by atoms with Gasteiger partial charge in [-0.25, -0.2) is 0 Å². The van der Waals surface area contributed by atoms with Crippen LogP contribution in [0.1, 0.15) is 55.5 Å². The van der Waals surface area contributed by atoms with Crippen LogP contribution in [0.5, 0.6) is 11.5 Å². The van der Waals surface area contributed by atoms with E-state index in [9.17, 15) is 0 Å². The van der Waals surface area contributed by atoms with Crippen LogP contribution in [0.4, 0.5) is 17.1 Å². The van der Waals surface area contributed by atoms with Crippen molar-refractivity contribution in [3.8, 4) is 56.1 Å². The summed E-state index contributed by atoms with van der Waals surface area (Å²) in [5.74, 6) is 1.67. The van der Waals surface area contributed by atoms with Crippen LogP contribution in [-0.2, 0) is 10.8 Å². The van der Waals surface area contributed by atoms with Gasteiger partial charge in [-0.2, -0.15) is 0 Å². The predicted molar refractivity (Wildman–Crippen MR) is 227 cm³/mol.